The highest BCUT2D eigenvalue weighted by atomic mass is 35.5. The number of anilines is 1. The molecule has 2 aliphatic carbocycles. The second kappa shape index (κ2) is 14.6. The summed E-state index contributed by atoms with van der Waals surface area (Å²) in [5, 5.41) is 3.23. The van der Waals surface area contributed by atoms with Crippen LogP contribution in [0.3, 0.4) is 0 Å². The monoisotopic (exact) mass is 700 g/mol. The number of carbonyl (C=O) groups is 1. The molecule has 4 aliphatic rings. The smallest absolute Gasteiger partial charge is 0.318 e. The topological polar surface area (TPSA) is 67.8 Å². The number of nitrogens with zero attached hydrogens (tertiary/aromatic N) is 4. The van der Waals surface area contributed by atoms with Crippen LogP contribution in [0.5, 0.6) is 6.01 Å². The van der Waals surface area contributed by atoms with Crippen LogP contribution in [0.2, 0.25) is 5.02 Å². The van der Waals surface area contributed by atoms with Crippen LogP contribution < -0.4 is 9.64 Å². The van der Waals surface area contributed by atoms with Gasteiger partial charge in [0.15, 0.2) is 0 Å². The van der Waals surface area contributed by atoms with Gasteiger partial charge in [0.05, 0.1) is 11.6 Å². The molecule has 3 fully saturated rings. The van der Waals surface area contributed by atoms with Crippen molar-refractivity contribution >= 4 is 34.2 Å². The molecule has 7 rings (SSSR count). The lowest BCUT2D eigenvalue weighted by Crippen LogP contribution is -2.42. The van der Waals surface area contributed by atoms with E-state index < -0.39 is 5.60 Å². The first-order chi connectivity index (χ1) is 23.9. The summed E-state index contributed by atoms with van der Waals surface area (Å²) < 4.78 is 12.4. The third-order valence-electron chi connectivity index (χ3n) is 12.5. The number of ether oxygens (including phenoxy) is 2. The number of hydrogen-bond donors (Lipinski definition) is 0. The molecule has 1 aromatic heterocycles. The molecule has 1 saturated carbocycles. The summed E-state index contributed by atoms with van der Waals surface area (Å²) in [6.07, 6.45) is 9.45. The first-order valence-electron chi connectivity index (χ1n) is 19.3. The van der Waals surface area contributed by atoms with Gasteiger partial charge < -0.3 is 19.3 Å². The number of hydrogen-bond acceptors (Lipinski definition) is 7. The molecule has 2 saturated heterocycles. The van der Waals surface area contributed by atoms with Crippen molar-refractivity contribution in [3.63, 3.8) is 0 Å². The van der Waals surface area contributed by atoms with Gasteiger partial charge in [0.25, 0.3) is 0 Å². The number of likely N-dealkylation sites (tertiary alicyclic amines) is 1. The molecule has 7 atom stereocenters. The maximum atomic E-state index is 13.4. The van der Waals surface area contributed by atoms with Crippen molar-refractivity contribution in [3.8, 4) is 6.01 Å². The van der Waals surface area contributed by atoms with Gasteiger partial charge >= 0.3 is 12.0 Å². The van der Waals surface area contributed by atoms with Crippen LogP contribution in [0, 0.1) is 35.5 Å². The molecule has 0 amide bonds. The number of likely N-dealkylation sites (N-methyl/N-ethyl adjacent to an activating group) is 1. The normalized spacial score (nSPS) is 28.9. The molecule has 8 heteroatoms. The number of fused-ring (bicyclic) bond motifs is 5. The van der Waals surface area contributed by atoms with Crippen molar-refractivity contribution in [2.45, 2.75) is 104 Å². The van der Waals surface area contributed by atoms with Gasteiger partial charge in [-0.3, -0.25) is 4.79 Å². The molecule has 0 N–H and O–H groups in total. The molecule has 2 aromatic carbocycles. The first kappa shape index (κ1) is 35.5. The predicted octanol–water partition coefficient (Wildman–Crippen LogP) is 8.57. The SMILES string of the molecule is CC1Cc2nc(OC[C@@H]3CCCN3C)nc(N3CC4CCC(C3)C(C)C(C(=O)OC(C)(C)C)C4)c2CCC1Cc1cccc2cccc(Cl)c12. The van der Waals surface area contributed by atoms with E-state index in [4.69, 9.17) is 31.0 Å². The molecule has 2 bridgehead atoms. The summed E-state index contributed by atoms with van der Waals surface area (Å²) in [4.78, 5) is 28.9. The molecule has 2 aliphatic heterocycles. The average molecular weight is 701 g/mol. The Labute approximate surface area is 304 Å². The Bertz CT molecular complexity index is 1680. The van der Waals surface area contributed by atoms with Gasteiger partial charge in [0.1, 0.15) is 18.0 Å². The molecule has 0 spiro atoms. The van der Waals surface area contributed by atoms with Gasteiger partial charge in [-0.05, 0) is 139 Å². The molecule has 50 heavy (non-hydrogen) atoms. The van der Waals surface area contributed by atoms with Crippen molar-refractivity contribution in [2.24, 2.45) is 35.5 Å². The third-order valence-corrected chi connectivity index (χ3v) is 12.8. The molecule has 3 heterocycles. The summed E-state index contributed by atoms with van der Waals surface area (Å²) in [6, 6.07) is 13.7. The quantitative estimate of drug-likeness (QED) is 0.181. The minimum Gasteiger partial charge on any atom is -0.462 e. The number of rotatable bonds is 7. The Hall–Kier alpha value is -2.90. The molecule has 7 nitrogen and oxygen atoms in total. The Kier molecular flexibility index (Phi) is 10.4. The van der Waals surface area contributed by atoms with Crippen molar-refractivity contribution in [2.75, 3.05) is 38.2 Å². The largest absolute Gasteiger partial charge is 0.462 e. The minimum absolute atomic E-state index is 0.0219. The van der Waals surface area contributed by atoms with Crippen molar-refractivity contribution in [3.05, 3.63) is 58.2 Å². The van der Waals surface area contributed by atoms with Crippen LogP contribution >= 0.6 is 11.6 Å². The third kappa shape index (κ3) is 7.65. The van der Waals surface area contributed by atoms with E-state index in [9.17, 15) is 4.79 Å². The molecular formula is C42H57ClN4O3. The standard InChI is InChI=1S/C42H57ClN4O3/c1-26-20-37-34(18-17-30(26)22-31-12-7-10-29-11-8-14-36(43)38(29)31)39(45-41(44-37)49-25-33-13-9-19-46(33)6)47-23-28-15-16-32(24-47)27(2)35(21-28)40(48)50-42(3,4)5/h7-8,10-12,14,26-28,30,32-33,35H,9,13,15-25H2,1-6H3/t26?,27?,28?,30?,32?,33-,35?/m0/s1. The van der Waals surface area contributed by atoms with Crippen LogP contribution in [0.4, 0.5) is 5.82 Å². The summed E-state index contributed by atoms with van der Waals surface area (Å²) in [6.45, 7) is 14.1. The highest BCUT2D eigenvalue weighted by Crippen LogP contribution is 2.44. The van der Waals surface area contributed by atoms with Crippen molar-refractivity contribution < 1.29 is 14.3 Å². The van der Waals surface area contributed by atoms with E-state index in [2.05, 4.69) is 55.0 Å². The lowest BCUT2D eigenvalue weighted by Gasteiger charge is -2.37. The molecule has 270 valence electrons. The van der Waals surface area contributed by atoms with Crippen LogP contribution in [-0.2, 0) is 28.8 Å². The molecule has 6 unspecified atom stereocenters. The van der Waals surface area contributed by atoms with Crippen molar-refractivity contribution in [1.29, 1.82) is 0 Å². The van der Waals surface area contributed by atoms with E-state index in [0.29, 0.717) is 42.3 Å². The number of benzene rings is 2. The molecular weight excluding hydrogens is 644 g/mol. The van der Waals surface area contributed by atoms with Gasteiger partial charge in [0.2, 0.25) is 0 Å². The number of esters is 1. The zero-order chi connectivity index (χ0) is 35.2. The summed E-state index contributed by atoms with van der Waals surface area (Å²) in [5.41, 5.74) is 3.32. The van der Waals surface area contributed by atoms with E-state index in [1.165, 1.54) is 28.3 Å². The van der Waals surface area contributed by atoms with E-state index >= 15 is 0 Å². The van der Waals surface area contributed by atoms with E-state index in [1.54, 1.807) is 0 Å². The lowest BCUT2D eigenvalue weighted by molar-refractivity contribution is -0.163. The minimum atomic E-state index is -0.471. The number of aromatic nitrogens is 2. The van der Waals surface area contributed by atoms with Gasteiger partial charge in [-0.2, -0.15) is 9.97 Å². The Morgan fingerprint density at radius 2 is 1.82 bits per heavy atom. The lowest BCUT2D eigenvalue weighted by atomic mass is 9.79. The summed E-state index contributed by atoms with van der Waals surface area (Å²) >= 11 is 6.78. The molecule has 0 radical (unpaired) electrons. The first-order valence-corrected chi connectivity index (χ1v) is 19.7. The van der Waals surface area contributed by atoms with Gasteiger partial charge in [-0.15, -0.1) is 0 Å². The fourth-order valence-electron chi connectivity index (χ4n) is 9.50. The highest BCUT2D eigenvalue weighted by Gasteiger charge is 2.43. The van der Waals surface area contributed by atoms with Crippen LogP contribution in [0.15, 0.2) is 36.4 Å². The predicted molar refractivity (Wildman–Crippen MR) is 202 cm³/mol. The van der Waals surface area contributed by atoms with E-state index in [1.807, 2.05) is 32.9 Å². The van der Waals surface area contributed by atoms with Gasteiger partial charge in [-0.25, -0.2) is 0 Å². The average Bonchev–Trinajstić information content (AvgIpc) is 3.18. The second-order valence-electron chi connectivity index (χ2n) is 17.1. The highest BCUT2D eigenvalue weighted by molar-refractivity contribution is 6.35. The zero-order valence-electron chi connectivity index (χ0n) is 31.1. The van der Waals surface area contributed by atoms with Gasteiger partial charge in [-0.1, -0.05) is 55.8 Å². The maximum Gasteiger partial charge on any atom is 0.318 e. The van der Waals surface area contributed by atoms with Crippen LogP contribution in [-0.4, -0.2) is 65.8 Å². The van der Waals surface area contributed by atoms with E-state index in [0.717, 1.165) is 87.5 Å². The Morgan fingerprint density at radius 3 is 2.58 bits per heavy atom. The number of halogens is 1. The van der Waals surface area contributed by atoms with E-state index in [-0.39, 0.29) is 17.8 Å². The fourth-order valence-corrected chi connectivity index (χ4v) is 9.81. The maximum absolute atomic E-state index is 13.4. The van der Waals surface area contributed by atoms with Crippen molar-refractivity contribution in [1.82, 2.24) is 14.9 Å². The van der Waals surface area contributed by atoms with Crippen LogP contribution in [0.1, 0.15) is 90.0 Å². The summed E-state index contributed by atoms with van der Waals surface area (Å²) in [7, 11) is 2.19. The van der Waals surface area contributed by atoms with Gasteiger partial charge in [0, 0.05) is 35.1 Å². The summed E-state index contributed by atoms with van der Waals surface area (Å²) in [5.74, 6) is 3.01. The Morgan fingerprint density at radius 1 is 1.02 bits per heavy atom. The zero-order valence-corrected chi connectivity index (χ0v) is 31.8. The fraction of sp³-hybridized carbons (Fsp3) is 0.643. The van der Waals surface area contributed by atoms with Crippen LogP contribution in [0.25, 0.3) is 10.8 Å². The Balaban J connectivity index is 1.18. The number of carbonyl (C=O) groups excluding carboxylic acids is 1. The molecule has 3 aromatic rings. The second-order valence-corrected chi connectivity index (χ2v) is 17.5.